The van der Waals surface area contributed by atoms with Gasteiger partial charge in [-0.3, -0.25) is 4.79 Å². The molecule has 0 aromatic rings. The Labute approximate surface area is 117 Å². The Morgan fingerprint density at radius 3 is 2.47 bits per heavy atom. The van der Waals surface area contributed by atoms with Crippen molar-refractivity contribution in [1.82, 2.24) is 5.32 Å². The highest BCUT2D eigenvalue weighted by molar-refractivity contribution is 5.79. The van der Waals surface area contributed by atoms with Crippen LogP contribution in [0.3, 0.4) is 0 Å². The van der Waals surface area contributed by atoms with E-state index in [4.69, 9.17) is 5.73 Å². The van der Waals surface area contributed by atoms with Gasteiger partial charge >= 0.3 is 0 Å². The molecule has 2 aliphatic carbocycles. The molecule has 0 heterocycles. The van der Waals surface area contributed by atoms with Gasteiger partial charge in [-0.25, -0.2) is 0 Å². The van der Waals surface area contributed by atoms with Crippen LogP contribution in [0.15, 0.2) is 0 Å². The van der Waals surface area contributed by atoms with Gasteiger partial charge in [0, 0.05) is 12.1 Å². The van der Waals surface area contributed by atoms with Crippen molar-refractivity contribution in [3.05, 3.63) is 0 Å². The second-order valence-electron chi connectivity index (χ2n) is 6.88. The molecule has 3 N–H and O–H groups in total. The molecule has 5 atom stereocenters. The normalized spacial score (nSPS) is 40.5. The summed E-state index contributed by atoms with van der Waals surface area (Å²) >= 11 is 0. The van der Waals surface area contributed by atoms with Gasteiger partial charge in [0.15, 0.2) is 0 Å². The van der Waals surface area contributed by atoms with Crippen molar-refractivity contribution >= 4 is 5.91 Å². The van der Waals surface area contributed by atoms with E-state index in [9.17, 15) is 4.79 Å². The molecule has 0 bridgehead atoms. The monoisotopic (exact) mass is 266 g/mol. The maximum Gasteiger partial charge on any atom is 0.224 e. The van der Waals surface area contributed by atoms with Crippen LogP contribution in [0.5, 0.6) is 0 Å². The molecule has 110 valence electrons. The molecule has 3 heteroatoms. The molecule has 2 saturated carbocycles. The third-order valence-corrected chi connectivity index (χ3v) is 5.35. The molecule has 0 aromatic heterocycles. The van der Waals surface area contributed by atoms with E-state index in [0.717, 1.165) is 43.9 Å². The average Bonchev–Trinajstić information content (AvgIpc) is 2.58. The predicted molar refractivity (Wildman–Crippen MR) is 78.7 cm³/mol. The molecule has 0 aromatic carbocycles. The Balaban J connectivity index is 1.86. The Morgan fingerprint density at radius 2 is 1.74 bits per heavy atom. The first-order chi connectivity index (χ1) is 9.08. The van der Waals surface area contributed by atoms with E-state index in [1.54, 1.807) is 0 Å². The number of hydrogen-bond acceptors (Lipinski definition) is 2. The Morgan fingerprint density at radius 1 is 1.00 bits per heavy atom. The molecule has 19 heavy (non-hydrogen) atoms. The smallest absolute Gasteiger partial charge is 0.224 e. The van der Waals surface area contributed by atoms with Gasteiger partial charge in [-0.05, 0) is 43.9 Å². The van der Waals surface area contributed by atoms with Crippen LogP contribution in [0.2, 0.25) is 0 Å². The van der Waals surface area contributed by atoms with Crippen LogP contribution in [0.4, 0.5) is 0 Å². The van der Waals surface area contributed by atoms with Gasteiger partial charge in [-0.1, -0.05) is 33.1 Å². The number of amides is 1. The van der Waals surface area contributed by atoms with Crippen molar-refractivity contribution in [2.24, 2.45) is 23.5 Å². The van der Waals surface area contributed by atoms with Gasteiger partial charge in [0.05, 0.1) is 5.92 Å². The number of hydrogen-bond donors (Lipinski definition) is 2. The highest BCUT2D eigenvalue weighted by Gasteiger charge is 2.30. The second kappa shape index (κ2) is 6.74. The highest BCUT2D eigenvalue weighted by Crippen LogP contribution is 2.30. The zero-order valence-electron chi connectivity index (χ0n) is 12.5. The van der Waals surface area contributed by atoms with Gasteiger partial charge in [-0.15, -0.1) is 0 Å². The lowest BCUT2D eigenvalue weighted by molar-refractivity contribution is -0.127. The first-order valence-corrected chi connectivity index (χ1v) is 8.14. The van der Waals surface area contributed by atoms with Crippen molar-refractivity contribution in [2.45, 2.75) is 77.3 Å². The van der Waals surface area contributed by atoms with E-state index in [1.165, 1.54) is 19.3 Å². The SMILES string of the molecule is CC1CCC(NC(=O)C2CCCCCC2N)CC1C. The summed E-state index contributed by atoms with van der Waals surface area (Å²) in [5.41, 5.74) is 6.17. The van der Waals surface area contributed by atoms with Crippen LogP contribution in [0.1, 0.15) is 65.2 Å². The Bertz CT molecular complexity index is 305. The third-order valence-electron chi connectivity index (χ3n) is 5.35. The van der Waals surface area contributed by atoms with Crippen molar-refractivity contribution in [2.75, 3.05) is 0 Å². The molecule has 2 rings (SSSR count). The molecule has 0 radical (unpaired) electrons. The zero-order chi connectivity index (χ0) is 13.8. The highest BCUT2D eigenvalue weighted by atomic mass is 16.2. The fraction of sp³-hybridized carbons (Fsp3) is 0.938. The third kappa shape index (κ3) is 3.95. The fourth-order valence-electron chi connectivity index (χ4n) is 3.65. The van der Waals surface area contributed by atoms with Crippen LogP contribution in [0, 0.1) is 17.8 Å². The molecule has 0 aliphatic heterocycles. The van der Waals surface area contributed by atoms with E-state index in [-0.39, 0.29) is 17.9 Å². The van der Waals surface area contributed by atoms with Gasteiger partial charge < -0.3 is 11.1 Å². The van der Waals surface area contributed by atoms with E-state index in [2.05, 4.69) is 19.2 Å². The Hall–Kier alpha value is -0.570. The number of nitrogens with one attached hydrogen (secondary N) is 1. The van der Waals surface area contributed by atoms with Crippen molar-refractivity contribution in [3.8, 4) is 0 Å². The zero-order valence-corrected chi connectivity index (χ0v) is 12.5. The number of rotatable bonds is 2. The standard InChI is InChI=1S/C16H30N2O/c1-11-8-9-13(10-12(11)2)18-16(19)14-6-4-3-5-7-15(14)17/h11-15H,3-10,17H2,1-2H3,(H,18,19). The van der Waals surface area contributed by atoms with Crippen LogP contribution < -0.4 is 11.1 Å². The molecule has 5 unspecified atom stereocenters. The van der Waals surface area contributed by atoms with Gasteiger partial charge in [0.1, 0.15) is 0 Å². The largest absolute Gasteiger partial charge is 0.353 e. The molecule has 2 fully saturated rings. The minimum absolute atomic E-state index is 0.0529. The lowest BCUT2D eigenvalue weighted by Crippen LogP contribution is -2.47. The summed E-state index contributed by atoms with van der Waals surface area (Å²) in [5, 5.41) is 3.28. The fourth-order valence-corrected chi connectivity index (χ4v) is 3.65. The van der Waals surface area contributed by atoms with Crippen LogP contribution in [0.25, 0.3) is 0 Å². The van der Waals surface area contributed by atoms with Crippen LogP contribution >= 0.6 is 0 Å². The molecular formula is C16H30N2O. The van der Waals surface area contributed by atoms with Crippen molar-refractivity contribution < 1.29 is 4.79 Å². The maximum absolute atomic E-state index is 12.4. The predicted octanol–water partition coefficient (Wildman–Crippen LogP) is 2.83. The summed E-state index contributed by atoms with van der Waals surface area (Å²) in [7, 11) is 0. The first kappa shape index (κ1) is 14.8. The van der Waals surface area contributed by atoms with Gasteiger partial charge in [0.25, 0.3) is 0 Å². The summed E-state index contributed by atoms with van der Waals surface area (Å²) in [4.78, 5) is 12.4. The molecule has 0 spiro atoms. The van der Waals surface area contributed by atoms with Crippen molar-refractivity contribution in [1.29, 1.82) is 0 Å². The first-order valence-electron chi connectivity index (χ1n) is 8.14. The number of carbonyl (C=O) groups is 1. The molecule has 2 aliphatic rings. The lowest BCUT2D eigenvalue weighted by Gasteiger charge is -2.33. The lowest BCUT2D eigenvalue weighted by atomic mass is 9.79. The average molecular weight is 266 g/mol. The summed E-state index contributed by atoms with van der Waals surface area (Å²) in [6.45, 7) is 4.63. The van der Waals surface area contributed by atoms with E-state index < -0.39 is 0 Å². The summed E-state index contributed by atoms with van der Waals surface area (Å²) in [6.07, 6.45) is 9.07. The van der Waals surface area contributed by atoms with E-state index >= 15 is 0 Å². The summed E-state index contributed by atoms with van der Waals surface area (Å²) < 4.78 is 0. The number of carbonyl (C=O) groups excluding carboxylic acids is 1. The topological polar surface area (TPSA) is 55.1 Å². The van der Waals surface area contributed by atoms with E-state index in [0.29, 0.717) is 6.04 Å². The molecule has 1 amide bonds. The van der Waals surface area contributed by atoms with Gasteiger partial charge in [-0.2, -0.15) is 0 Å². The summed E-state index contributed by atoms with van der Waals surface area (Å²) in [5.74, 6) is 1.80. The minimum atomic E-state index is 0.0529. The molecule has 3 nitrogen and oxygen atoms in total. The van der Waals surface area contributed by atoms with Gasteiger partial charge in [0.2, 0.25) is 5.91 Å². The van der Waals surface area contributed by atoms with E-state index in [1.807, 2.05) is 0 Å². The quantitative estimate of drug-likeness (QED) is 0.755. The maximum atomic E-state index is 12.4. The number of nitrogens with two attached hydrogens (primary N) is 1. The molecule has 0 saturated heterocycles. The van der Waals surface area contributed by atoms with Crippen LogP contribution in [-0.4, -0.2) is 18.0 Å². The minimum Gasteiger partial charge on any atom is -0.353 e. The van der Waals surface area contributed by atoms with Crippen molar-refractivity contribution in [3.63, 3.8) is 0 Å². The van der Waals surface area contributed by atoms with Crippen LogP contribution in [-0.2, 0) is 4.79 Å². The Kier molecular flexibility index (Phi) is 5.26. The second-order valence-corrected chi connectivity index (χ2v) is 6.88. The molecular weight excluding hydrogens is 236 g/mol. The summed E-state index contributed by atoms with van der Waals surface area (Å²) in [6, 6.07) is 0.455.